The van der Waals surface area contributed by atoms with Crippen LogP contribution < -0.4 is 0 Å². The molecule has 2 aromatic rings. The first-order chi connectivity index (χ1) is 8.79. The van der Waals surface area contributed by atoms with Gasteiger partial charge in [0.05, 0.1) is 19.3 Å². The van der Waals surface area contributed by atoms with Crippen LogP contribution in [0.2, 0.25) is 0 Å². The second-order valence-corrected chi connectivity index (χ2v) is 4.00. The van der Waals surface area contributed by atoms with Gasteiger partial charge in [0, 0.05) is 0 Å². The van der Waals surface area contributed by atoms with Crippen LogP contribution in [0.1, 0.15) is 12.5 Å². The molecule has 2 heteroatoms. The summed E-state index contributed by atoms with van der Waals surface area (Å²) in [6, 6.07) is 21.9. The number of ether oxygens (including phenoxy) is 1. The molecule has 0 aliphatic heterocycles. The zero-order chi connectivity index (χ0) is 13.1. The second kappa shape index (κ2) is 9.40. The lowest BCUT2D eigenvalue weighted by atomic mass is 10.2. The molecule has 0 saturated carbocycles. The van der Waals surface area contributed by atoms with Crippen molar-refractivity contribution in [1.82, 2.24) is 0 Å². The predicted octanol–water partition coefficient (Wildman–Crippen LogP) is 3.27. The van der Waals surface area contributed by atoms with Crippen molar-refractivity contribution in [3.8, 4) is 0 Å². The summed E-state index contributed by atoms with van der Waals surface area (Å²) >= 11 is 0. The number of hydrogen-bond acceptors (Lipinski definition) is 2. The summed E-state index contributed by atoms with van der Waals surface area (Å²) in [6.45, 7) is 2.69. The van der Waals surface area contributed by atoms with Crippen LogP contribution >= 0.6 is 0 Å². The van der Waals surface area contributed by atoms with Crippen LogP contribution in [-0.4, -0.2) is 17.8 Å². The molecule has 1 N–H and O–H groups in total. The van der Waals surface area contributed by atoms with Gasteiger partial charge in [0.15, 0.2) is 0 Å². The minimum atomic E-state index is -0.381. The molecule has 0 amide bonds. The Bertz CT molecular complexity index is 358. The summed E-state index contributed by atoms with van der Waals surface area (Å²) in [5.41, 5.74) is 1.14. The van der Waals surface area contributed by atoms with Crippen LogP contribution in [0.15, 0.2) is 66.7 Å². The first kappa shape index (κ1) is 14.4. The Labute approximate surface area is 109 Å². The van der Waals surface area contributed by atoms with E-state index in [4.69, 9.17) is 9.84 Å². The van der Waals surface area contributed by atoms with E-state index in [9.17, 15) is 0 Å². The van der Waals surface area contributed by atoms with E-state index in [1.807, 2.05) is 66.7 Å². The maximum atomic E-state index is 8.91. The third-order valence-electron chi connectivity index (χ3n) is 2.14. The summed E-state index contributed by atoms with van der Waals surface area (Å²) in [4.78, 5) is 0. The molecule has 0 unspecified atom stereocenters. The molecule has 2 nitrogen and oxygen atoms in total. The molecule has 0 aliphatic rings. The highest BCUT2D eigenvalue weighted by molar-refractivity contribution is 5.13. The lowest BCUT2D eigenvalue weighted by Gasteiger charge is -2.05. The average Bonchev–Trinajstić information content (AvgIpc) is 2.42. The molecule has 0 fully saturated rings. The van der Waals surface area contributed by atoms with Gasteiger partial charge in [-0.15, -0.1) is 0 Å². The Morgan fingerprint density at radius 3 is 1.78 bits per heavy atom. The van der Waals surface area contributed by atoms with Gasteiger partial charge in [-0.3, -0.25) is 0 Å². The first-order valence-corrected chi connectivity index (χ1v) is 6.09. The van der Waals surface area contributed by atoms with Gasteiger partial charge < -0.3 is 9.84 Å². The largest absolute Gasteiger partial charge is 0.391 e. The van der Waals surface area contributed by atoms with Crippen LogP contribution in [0.5, 0.6) is 0 Å². The Balaban J connectivity index is 0.000000225. The van der Waals surface area contributed by atoms with E-state index in [-0.39, 0.29) is 6.10 Å². The lowest BCUT2D eigenvalue weighted by Crippen LogP contribution is -2.09. The molecule has 0 spiro atoms. The Morgan fingerprint density at radius 2 is 1.33 bits per heavy atom. The minimum Gasteiger partial charge on any atom is -0.391 e. The van der Waals surface area contributed by atoms with Crippen molar-refractivity contribution in [1.29, 1.82) is 0 Å². The molecule has 0 radical (unpaired) electrons. The predicted molar refractivity (Wildman–Crippen MR) is 74.2 cm³/mol. The summed E-state index contributed by atoms with van der Waals surface area (Å²) in [6.07, 6.45) is -0.381. The Morgan fingerprint density at radius 1 is 0.889 bits per heavy atom. The van der Waals surface area contributed by atoms with E-state index < -0.39 is 0 Å². The SMILES string of the molecule is C[C@@H](O)COCc1ccccc1.c1ccccc1. The van der Waals surface area contributed by atoms with Gasteiger partial charge in [-0.1, -0.05) is 66.7 Å². The molecule has 2 aromatic carbocycles. The van der Waals surface area contributed by atoms with Crippen molar-refractivity contribution in [3.63, 3.8) is 0 Å². The fourth-order valence-electron chi connectivity index (χ4n) is 1.31. The lowest BCUT2D eigenvalue weighted by molar-refractivity contribution is 0.0376. The van der Waals surface area contributed by atoms with Crippen LogP contribution in [0.3, 0.4) is 0 Å². The van der Waals surface area contributed by atoms with Crippen molar-refractivity contribution < 1.29 is 9.84 Å². The summed E-state index contributed by atoms with van der Waals surface area (Å²) in [7, 11) is 0. The fourth-order valence-corrected chi connectivity index (χ4v) is 1.31. The monoisotopic (exact) mass is 244 g/mol. The van der Waals surface area contributed by atoms with Gasteiger partial charge in [0.2, 0.25) is 0 Å². The van der Waals surface area contributed by atoms with Gasteiger partial charge in [0.25, 0.3) is 0 Å². The first-order valence-electron chi connectivity index (χ1n) is 6.09. The van der Waals surface area contributed by atoms with Gasteiger partial charge in [-0.2, -0.15) is 0 Å². The van der Waals surface area contributed by atoms with Crippen LogP contribution in [0, 0.1) is 0 Å². The maximum absolute atomic E-state index is 8.91. The zero-order valence-electron chi connectivity index (χ0n) is 10.7. The molecular formula is C16H20O2. The average molecular weight is 244 g/mol. The summed E-state index contributed by atoms with van der Waals surface area (Å²) < 4.78 is 5.23. The quantitative estimate of drug-likeness (QED) is 0.894. The smallest absolute Gasteiger partial charge is 0.0745 e. The minimum absolute atomic E-state index is 0.381. The molecule has 0 heterocycles. The highest BCUT2D eigenvalue weighted by atomic mass is 16.5. The van der Waals surface area contributed by atoms with Gasteiger partial charge in [-0.05, 0) is 12.5 Å². The van der Waals surface area contributed by atoms with E-state index >= 15 is 0 Å². The van der Waals surface area contributed by atoms with Crippen molar-refractivity contribution in [3.05, 3.63) is 72.3 Å². The molecule has 0 aliphatic carbocycles. The van der Waals surface area contributed by atoms with Crippen LogP contribution in [0.4, 0.5) is 0 Å². The number of aliphatic hydroxyl groups excluding tert-OH is 1. The third kappa shape index (κ3) is 7.60. The third-order valence-corrected chi connectivity index (χ3v) is 2.14. The fraction of sp³-hybridized carbons (Fsp3) is 0.250. The van der Waals surface area contributed by atoms with E-state index in [1.54, 1.807) is 6.92 Å². The maximum Gasteiger partial charge on any atom is 0.0745 e. The molecule has 0 aromatic heterocycles. The van der Waals surface area contributed by atoms with Crippen LogP contribution in [0.25, 0.3) is 0 Å². The summed E-state index contributed by atoms with van der Waals surface area (Å²) in [5.74, 6) is 0. The molecule has 2 rings (SSSR count). The van der Waals surface area contributed by atoms with Crippen molar-refractivity contribution >= 4 is 0 Å². The summed E-state index contributed by atoms with van der Waals surface area (Å²) in [5, 5.41) is 8.91. The standard InChI is InChI=1S/C10H14O2.C6H6/c1-9(11)7-12-8-10-5-3-2-4-6-10;1-2-4-6-5-3-1/h2-6,9,11H,7-8H2,1H3;1-6H/t9-;/m1./s1. The normalized spacial score (nSPS) is 11.2. The van der Waals surface area contributed by atoms with E-state index in [0.29, 0.717) is 13.2 Å². The molecule has 1 atom stereocenters. The van der Waals surface area contributed by atoms with Gasteiger partial charge >= 0.3 is 0 Å². The number of aliphatic hydroxyl groups is 1. The van der Waals surface area contributed by atoms with Crippen LogP contribution in [-0.2, 0) is 11.3 Å². The van der Waals surface area contributed by atoms with Gasteiger partial charge in [0.1, 0.15) is 0 Å². The number of benzene rings is 2. The molecule has 0 bridgehead atoms. The Hall–Kier alpha value is -1.64. The topological polar surface area (TPSA) is 29.5 Å². The van der Waals surface area contributed by atoms with Crippen molar-refractivity contribution in [2.75, 3.05) is 6.61 Å². The zero-order valence-corrected chi connectivity index (χ0v) is 10.7. The molecule has 0 saturated heterocycles. The van der Waals surface area contributed by atoms with E-state index in [0.717, 1.165) is 5.56 Å². The second-order valence-electron chi connectivity index (χ2n) is 4.00. The highest BCUT2D eigenvalue weighted by Gasteiger charge is 1.95. The van der Waals surface area contributed by atoms with E-state index in [2.05, 4.69) is 0 Å². The molecule has 96 valence electrons. The highest BCUT2D eigenvalue weighted by Crippen LogP contribution is 2.00. The van der Waals surface area contributed by atoms with Crippen molar-refractivity contribution in [2.45, 2.75) is 19.6 Å². The number of hydrogen-bond donors (Lipinski definition) is 1. The number of rotatable bonds is 4. The van der Waals surface area contributed by atoms with Gasteiger partial charge in [-0.25, -0.2) is 0 Å². The molecular weight excluding hydrogens is 224 g/mol. The van der Waals surface area contributed by atoms with E-state index in [1.165, 1.54) is 0 Å². The Kier molecular flexibility index (Phi) is 7.53. The molecule has 18 heavy (non-hydrogen) atoms. The van der Waals surface area contributed by atoms with Crippen molar-refractivity contribution in [2.24, 2.45) is 0 Å².